The number of anilines is 2. The first kappa shape index (κ1) is 10.5. The van der Waals surface area contributed by atoms with Gasteiger partial charge in [-0.1, -0.05) is 12.1 Å². The van der Waals surface area contributed by atoms with E-state index in [1.807, 2.05) is 20.3 Å². The molecule has 0 amide bonds. The van der Waals surface area contributed by atoms with Crippen molar-refractivity contribution in [3.05, 3.63) is 42.2 Å². The number of rotatable bonds is 4. The first-order chi connectivity index (χ1) is 7.75. The quantitative estimate of drug-likeness (QED) is 0.822. The summed E-state index contributed by atoms with van der Waals surface area (Å²) in [4.78, 5) is 2.09. The molecule has 16 heavy (non-hydrogen) atoms. The van der Waals surface area contributed by atoms with Crippen molar-refractivity contribution in [2.45, 2.75) is 6.54 Å². The van der Waals surface area contributed by atoms with Gasteiger partial charge < -0.3 is 10.2 Å². The number of aromatic nitrogens is 2. The number of aromatic amines is 1. The minimum absolute atomic E-state index is 0.813. The zero-order valence-corrected chi connectivity index (χ0v) is 9.57. The summed E-state index contributed by atoms with van der Waals surface area (Å²) in [6.45, 7) is 0.813. The van der Waals surface area contributed by atoms with Gasteiger partial charge in [-0.3, -0.25) is 5.10 Å². The van der Waals surface area contributed by atoms with Crippen molar-refractivity contribution in [2.24, 2.45) is 0 Å². The summed E-state index contributed by atoms with van der Waals surface area (Å²) in [5.74, 6) is 0. The Labute approximate surface area is 95.3 Å². The van der Waals surface area contributed by atoms with Crippen molar-refractivity contribution >= 4 is 11.4 Å². The lowest BCUT2D eigenvalue weighted by Crippen LogP contribution is -2.08. The van der Waals surface area contributed by atoms with Crippen LogP contribution in [0.25, 0.3) is 0 Å². The van der Waals surface area contributed by atoms with Crippen LogP contribution in [-0.2, 0) is 6.54 Å². The van der Waals surface area contributed by atoms with Crippen LogP contribution in [0.3, 0.4) is 0 Å². The van der Waals surface area contributed by atoms with Crippen LogP contribution in [0.1, 0.15) is 5.56 Å². The van der Waals surface area contributed by atoms with E-state index < -0.39 is 0 Å². The first-order valence-corrected chi connectivity index (χ1v) is 5.24. The maximum absolute atomic E-state index is 3.88. The van der Waals surface area contributed by atoms with Crippen LogP contribution in [0.4, 0.5) is 11.4 Å². The molecule has 2 rings (SSSR count). The summed E-state index contributed by atoms with van der Waals surface area (Å²) in [5, 5.41) is 9.93. The summed E-state index contributed by atoms with van der Waals surface area (Å²) in [7, 11) is 4.08. The van der Waals surface area contributed by atoms with E-state index in [0.717, 1.165) is 12.2 Å². The van der Waals surface area contributed by atoms with Crippen LogP contribution >= 0.6 is 0 Å². The second-order valence-corrected chi connectivity index (χ2v) is 3.90. The SMILES string of the molecule is CN(C)c1ccc(CNc2cn[nH]c2)cc1. The number of H-pyrrole nitrogens is 1. The van der Waals surface area contributed by atoms with Gasteiger partial charge in [0.25, 0.3) is 0 Å². The zero-order chi connectivity index (χ0) is 11.4. The molecule has 4 nitrogen and oxygen atoms in total. The fourth-order valence-electron chi connectivity index (χ4n) is 1.46. The van der Waals surface area contributed by atoms with Crippen LogP contribution in [0.2, 0.25) is 0 Å². The summed E-state index contributed by atoms with van der Waals surface area (Å²) >= 11 is 0. The molecule has 0 aliphatic heterocycles. The van der Waals surface area contributed by atoms with E-state index in [1.54, 1.807) is 6.20 Å². The van der Waals surface area contributed by atoms with Crippen LogP contribution in [0, 0.1) is 0 Å². The Morgan fingerprint density at radius 1 is 1.25 bits per heavy atom. The highest BCUT2D eigenvalue weighted by molar-refractivity contribution is 5.47. The molecule has 1 heterocycles. The number of nitrogens with one attached hydrogen (secondary N) is 2. The highest BCUT2D eigenvalue weighted by Crippen LogP contribution is 2.13. The van der Waals surface area contributed by atoms with Gasteiger partial charge in [0.2, 0.25) is 0 Å². The number of hydrogen-bond acceptors (Lipinski definition) is 3. The summed E-state index contributed by atoms with van der Waals surface area (Å²) < 4.78 is 0. The topological polar surface area (TPSA) is 44.0 Å². The van der Waals surface area contributed by atoms with E-state index in [4.69, 9.17) is 0 Å². The molecule has 0 atom stereocenters. The predicted molar refractivity (Wildman–Crippen MR) is 66.7 cm³/mol. The van der Waals surface area contributed by atoms with Crippen molar-refractivity contribution in [3.63, 3.8) is 0 Å². The number of benzene rings is 1. The lowest BCUT2D eigenvalue weighted by atomic mass is 10.2. The number of nitrogens with zero attached hydrogens (tertiary/aromatic N) is 2. The van der Waals surface area contributed by atoms with Crippen LogP contribution in [0.15, 0.2) is 36.7 Å². The van der Waals surface area contributed by atoms with Gasteiger partial charge >= 0.3 is 0 Å². The Morgan fingerprint density at radius 3 is 2.56 bits per heavy atom. The molecule has 0 bridgehead atoms. The molecule has 1 aromatic heterocycles. The third-order valence-corrected chi connectivity index (χ3v) is 2.45. The van der Waals surface area contributed by atoms with Crippen molar-refractivity contribution in [3.8, 4) is 0 Å². The first-order valence-electron chi connectivity index (χ1n) is 5.24. The van der Waals surface area contributed by atoms with Crippen molar-refractivity contribution in [1.82, 2.24) is 10.2 Å². The van der Waals surface area contributed by atoms with Gasteiger partial charge in [-0.15, -0.1) is 0 Å². The van der Waals surface area contributed by atoms with Gasteiger partial charge in [-0.2, -0.15) is 5.10 Å². The average Bonchev–Trinajstić information content (AvgIpc) is 2.80. The monoisotopic (exact) mass is 216 g/mol. The molecule has 84 valence electrons. The molecule has 2 aromatic rings. The van der Waals surface area contributed by atoms with E-state index in [2.05, 4.69) is 44.7 Å². The molecule has 0 fully saturated rings. The fraction of sp³-hybridized carbons (Fsp3) is 0.250. The molecular weight excluding hydrogens is 200 g/mol. The van der Waals surface area contributed by atoms with Crippen molar-refractivity contribution < 1.29 is 0 Å². The van der Waals surface area contributed by atoms with Gasteiger partial charge in [-0.05, 0) is 17.7 Å². The van der Waals surface area contributed by atoms with Crippen molar-refractivity contribution in [1.29, 1.82) is 0 Å². The van der Waals surface area contributed by atoms with Gasteiger partial charge in [0, 0.05) is 32.5 Å². The summed E-state index contributed by atoms with van der Waals surface area (Å²) in [6.07, 6.45) is 3.61. The van der Waals surface area contributed by atoms with E-state index in [-0.39, 0.29) is 0 Å². The van der Waals surface area contributed by atoms with Gasteiger partial charge in [0.05, 0.1) is 11.9 Å². The number of hydrogen-bond donors (Lipinski definition) is 2. The molecular formula is C12H16N4. The minimum Gasteiger partial charge on any atom is -0.378 e. The highest BCUT2D eigenvalue weighted by Gasteiger charge is 1.97. The van der Waals surface area contributed by atoms with E-state index in [1.165, 1.54) is 11.3 Å². The maximum atomic E-state index is 3.88. The molecule has 0 saturated heterocycles. The van der Waals surface area contributed by atoms with E-state index in [0.29, 0.717) is 0 Å². The summed E-state index contributed by atoms with van der Waals surface area (Å²) in [6, 6.07) is 8.49. The molecule has 1 aromatic carbocycles. The Balaban J connectivity index is 1.95. The van der Waals surface area contributed by atoms with Crippen LogP contribution in [-0.4, -0.2) is 24.3 Å². The van der Waals surface area contributed by atoms with E-state index >= 15 is 0 Å². The van der Waals surface area contributed by atoms with Gasteiger partial charge in [-0.25, -0.2) is 0 Å². The third kappa shape index (κ3) is 2.53. The molecule has 0 radical (unpaired) electrons. The Kier molecular flexibility index (Phi) is 3.10. The average molecular weight is 216 g/mol. The minimum atomic E-state index is 0.813. The predicted octanol–water partition coefficient (Wildman–Crippen LogP) is 2.09. The van der Waals surface area contributed by atoms with E-state index in [9.17, 15) is 0 Å². The largest absolute Gasteiger partial charge is 0.378 e. The fourth-order valence-corrected chi connectivity index (χ4v) is 1.46. The van der Waals surface area contributed by atoms with Crippen LogP contribution < -0.4 is 10.2 Å². The van der Waals surface area contributed by atoms with Crippen molar-refractivity contribution in [2.75, 3.05) is 24.3 Å². The molecule has 0 saturated carbocycles. The second kappa shape index (κ2) is 4.70. The molecule has 0 spiro atoms. The molecule has 0 aliphatic carbocycles. The molecule has 4 heteroatoms. The zero-order valence-electron chi connectivity index (χ0n) is 9.57. The Morgan fingerprint density at radius 2 is 2.00 bits per heavy atom. The van der Waals surface area contributed by atoms with Gasteiger partial charge in [0.1, 0.15) is 0 Å². The normalized spacial score (nSPS) is 10.1. The molecule has 0 aliphatic rings. The second-order valence-electron chi connectivity index (χ2n) is 3.90. The van der Waals surface area contributed by atoms with Crippen LogP contribution in [0.5, 0.6) is 0 Å². The maximum Gasteiger partial charge on any atom is 0.0726 e. The third-order valence-electron chi connectivity index (χ3n) is 2.45. The standard InChI is InChI=1S/C12H16N4/c1-16(2)12-5-3-10(4-6-12)7-13-11-8-14-15-9-11/h3-6,8-9,13H,7H2,1-2H3,(H,14,15). The van der Waals surface area contributed by atoms with Gasteiger partial charge in [0.15, 0.2) is 0 Å². The Bertz CT molecular complexity index is 417. The summed E-state index contributed by atoms with van der Waals surface area (Å²) in [5.41, 5.74) is 3.48. The lowest BCUT2D eigenvalue weighted by molar-refractivity contribution is 1.09. The smallest absolute Gasteiger partial charge is 0.0726 e. The molecule has 2 N–H and O–H groups in total. The Hall–Kier alpha value is -1.97. The lowest BCUT2D eigenvalue weighted by Gasteiger charge is -2.12. The highest BCUT2D eigenvalue weighted by atomic mass is 15.1. The molecule has 0 unspecified atom stereocenters.